The maximum Gasteiger partial charge on any atom is 0.339 e. The maximum absolute atomic E-state index is 11.7. The van der Waals surface area contributed by atoms with E-state index in [2.05, 4.69) is 33.8 Å². The monoisotopic (exact) mass is 438 g/mol. The fraction of sp³-hybridized carbons (Fsp3) is 0.552. The van der Waals surface area contributed by atoms with E-state index in [-0.39, 0.29) is 11.3 Å². The third-order valence-corrected chi connectivity index (χ3v) is 6.46. The molecular formula is C29H42O3. The first kappa shape index (κ1) is 26.0. The van der Waals surface area contributed by atoms with E-state index >= 15 is 0 Å². The van der Waals surface area contributed by atoms with Gasteiger partial charge in [-0.25, -0.2) is 4.79 Å². The van der Waals surface area contributed by atoms with Crippen LogP contribution in [0.15, 0.2) is 24.3 Å². The van der Waals surface area contributed by atoms with Crippen molar-refractivity contribution in [3.8, 4) is 16.9 Å². The quantitative estimate of drug-likeness (QED) is 0.313. The molecule has 2 N–H and O–H groups in total. The summed E-state index contributed by atoms with van der Waals surface area (Å²) in [7, 11) is 0. The largest absolute Gasteiger partial charge is 0.506 e. The number of unbranched alkanes of at least 4 members (excludes halogenated alkanes) is 4. The average Bonchev–Trinajstić information content (AvgIpc) is 2.79. The molecule has 0 aliphatic carbocycles. The van der Waals surface area contributed by atoms with Crippen molar-refractivity contribution < 1.29 is 15.0 Å². The van der Waals surface area contributed by atoms with Gasteiger partial charge in [0.1, 0.15) is 11.3 Å². The molecule has 0 saturated carbocycles. The summed E-state index contributed by atoms with van der Waals surface area (Å²) in [4.78, 5) is 11.7. The normalized spacial score (nSPS) is 11.1. The van der Waals surface area contributed by atoms with Crippen molar-refractivity contribution in [3.05, 3.63) is 52.1 Å². The average molecular weight is 439 g/mol. The summed E-state index contributed by atoms with van der Waals surface area (Å²) in [5.41, 5.74) is 7.38. The zero-order chi connectivity index (χ0) is 23.5. The Balaban J connectivity index is 2.83. The summed E-state index contributed by atoms with van der Waals surface area (Å²) in [5, 5.41) is 20.5. The molecule has 0 atom stereocenters. The van der Waals surface area contributed by atoms with Gasteiger partial charge < -0.3 is 10.2 Å². The molecule has 0 fully saturated rings. The molecule has 2 aromatic carbocycles. The van der Waals surface area contributed by atoms with Crippen LogP contribution in [0.4, 0.5) is 0 Å². The van der Waals surface area contributed by atoms with E-state index in [0.717, 1.165) is 69.8 Å². The van der Waals surface area contributed by atoms with Crippen molar-refractivity contribution in [1.82, 2.24) is 0 Å². The van der Waals surface area contributed by atoms with Crippen LogP contribution in [0.2, 0.25) is 0 Å². The van der Waals surface area contributed by atoms with Gasteiger partial charge in [-0.1, -0.05) is 71.6 Å². The Morgan fingerprint density at radius 3 is 1.81 bits per heavy atom. The molecule has 0 heterocycles. The van der Waals surface area contributed by atoms with Crippen LogP contribution in [0.5, 0.6) is 5.75 Å². The van der Waals surface area contributed by atoms with Crippen molar-refractivity contribution >= 4 is 5.97 Å². The van der Waals surface area contributed by atoms with Crippen LogP contribution in [0.1, 0.15) is 112 Å². The van der Waals surface area contributed by atoms with Crippen molar-refractivity contribution in [3.63, 3.8) is 0 Å². The van der Waals surface area contributed by atoms with Crippen molar-refractivity contribution in [1.29, 1.82) is 0 Å². The van der Waals surface area contributed by atoms with Gasteiger partial charge in [0.25, 0.3) is 0 Å². The highest BCUT2D eigenvalue weighted by atomic mass is 16.4. The second-order valence-electron chi connectivity index (χ2n) is 8.94. The van der Waals surface area contributed by atoms with Crippen LogP contribution in [-0.4, -0.2) is 16.2 Å². The standard InChI is InChI=1S/C29H42O3/c1-5-9-14-21-20-27(25-18-13-19-26(28(25)30)29(31)32)24(17-12-8-4)23(16-11-7-3)22(21)15-10-6-2/h13,18-20,30H,5-12,14-17H2,1-4H3,(H,31,32). The molecule has 3 heteroatoms. The first-order valence-corrected chi connectivity index (χ1v) is 12.7. The number of para-hydroxylation sites is 1. The van der Waals surface area contributed by atoms with Crippen molar-refractivity contribution in [2.24, 2.45) is 0 Å². The SMILES string of the molecule is CCCCc1cc(-c2cccc(C(=O)O)c2O)c(CCCC)c(CCCC)c1CCCC. The van der Waals surface area contributed by atoms with Crippen LogP contribution >= 0.6 is 0 Å². The van der Waals surface area contributed by atoms with Crippen LogP contribution in [-0.2, 0) is 25.7 Å². The van der Waals surface area contributed by atoms with E-state index < -0.39 is 5.97 Å². The summed E-state index contributed by atoms with van der Waals surface area (Å²) in [6.45, 7) is 8.92. The van der Waals surface area contributed by atoms with E-state index in [1.165, 1.54) is 41.2 Å². The summed E-state index contributed by atoms with van der Waals surface area (Å²) in [6.07, 6.45) is 13.3. The number of aryl methyl sites for hydroxylation is 1. The fourth-order valence-corrected chi connectivity index (χ4v) is 4.61. The molecule has 3 nitrogen and oxygen atoms in total. The smallest absolute Gasteiger partial charge is 0.339 e. The van der Waals surface area contributed by atoms with E-state index in [0.29, 0.717) is 5.56 Å². The maximum atomic E-state index is 11.7. The molecule has 0 amide bonds. The topological polar surface area (TPSA) is 57.5 Å². The van der Waals surface area contributed by atoms with Crippen molar-refractivity contribution in [2.75, 3.05) is 0 Å². The molecule has 0 aliphatic rings. The number of aromatic hydroxyl groups is 1. The predicted molar refractivity (Wildman–Crippen MR) is 135 cm³/mol. The molecule has 0 aromatic heterocycles. The molecule has 0 spiro atoms. The third-order valence-electron chi connectivity index (χ3n) is 6.46. The summed E-state index contributed by atoms with van der Waals surface area (Å²) in [5.74, 6) is -1.20. The van der Waals surface area contributed by atoms with Gasteiger partial charge in [0.05, 0.1) is 0 Å². The molecular weight excluding hydrogens is 396 g/mol. The highest BCUT2D eigenvalue weighted by molar-refractivity contribution is 5.94. The van der Waals surface area contributed by atoms with E-state index in [1.54, 1.807) is 6.07 Å². The second kappa shape index (κ2) is 13.3. The number of phenols is 1. The molecule has 0 saturated heterocycles. The number of carboxylic acids is 1. The molecule has 176 valence electrons. The number of carboxylic acid groups (broad SMARTS) is 1. The summed E-state index contributed by atoms with van der Waals surface area (Å²) < 4.78 is 0. The van der Waals surface area contributed by atoms with Crippen molar-refractivity contribution in [2.45, 2.75) is 105 Å². The Hall–Kier alpha value is -2.29. The zero-order valence-corrected chi connectivity index (χ0v) is 20.6. The zero-order valence-electron chi connectivity index (χ0n) is 20.6. The third kappa shape index (κ3) is 6.37. The Morgan fingerprint density at radius 2 is 1.25 bits per heavy atom. The number of hydrogen-bond acceptors (Lipinski definition) is 2. The lowest BCUT2D eigenvalue weighted by atomic mass is 9.81. The second-order valence-corrected chi connectivity index (χ2v) is 8.94. The van der Waals surface area contributed by atoms with Crippen LogP contribution in [0.3, 0.4) is 0 Å². The lowest BCUT2D eigenvalue weighted by molar-refractivity contribution is 0.0694. The van der Waals surface area contributed by atoms with Crippen LogP contribution in [0.25, 0.3) is 11.1 Å². The highest BCUT2D eigenvalue weighted by Crippen LogP contribution is 2.40. The van der Waals surface area contributed by atoms with Gasteiger partial charge in [0, 0.05) is 5.56 Å². The van der Waals surface area contributed by atoms with E-state index in [1.807, 2.05) is 6.07 Å². The Bertz CT molecular complexity index is 882. The molecule has 0 bridgehead atoms. The minimum Gasteiger partial charge on any atom is -0.506 e. The Kier molecular flexibility index (Phi) is 10.8. The van der Waals surface area contributed by atoms with E-state index in [9.17, 15) is 15.0 Å². The highest BCUT2D eigenvalue weighted by Gasteiger charge is 2.22. The summed E-state index contributed by atoms with van der Waals surface area (Å²) >= 11 is 0. The van der Waals surface area contributed by atoms with Gasteiger partial charge in [0.15, 0.2) is 0 Å². The van der Waals surface area contributed by atoms with Gasteiger partial charge >= 0.3 is 5.97 Å². The fourth-order valence-electron chi connectivity index (χ4n) is 4.61. The lowest BCUT2D eigenvalue weighted by Crippen LogP contribution is -2.09. The van der Waals surface area contributed by atoms with Gasteiger partial charge in [-0.2, -0.15) is 0 Å². The minimum atomic E-state index is -1.09. The van der Waals surface area contributed by atoms with Crippen LogP contribution in [0, 0.1) is 0 Å². The number of hydrogen-bond donors (Lipinski definition) is 2. The van der Waals surface area contributed by atoms with Gasteiger partial charge in [0.2, 0.25) is 0 Å². The first-order valence-electron chi connectivity index (χ1n) is 12.7. The Morgan fingerprint density at radius 1 is 0.719 bits per heavy atom. The predicted octanol–water partition coefficient (Wildman–Crippen LogP) is 8.13. The number of aromatic carboxylic acids is 1. The van der Waals surface area contributed by atoms with Gasteiger partial charge in [-0.3, -0.25) is 0 Å². The van der Waals surface area contributed by atoms with Crippen LogP contribution < -0.4 is 0 Å². The summed E-state index contributed by atoms with van der Waals surface area (Å²) in [6, 6.07) is 7.40. The Labute approximate surface area is 194 Å². The lowest BCUT2D eigenvalue weighted by Gasteiger charge is -2.24. The number of rotatable bonds is 14. The molecule has 2 aromatic rings. The molecule has 32 heavy (non-hydrogen) atoms. The molecule has 0 unspecified atom stereocenters. The molecule has 0 aliphatic heterocycles. The first-order chi connectivity index (χ1) is 15.5. The molecule has 2 rings (SSSR count). The van der Waals surface area contributed by atoms with Gasteiger partial charge in [-0.15, -0.1) is 0 Å². The van der Waals surface area contributed by atoms with Gasteiger partial charge in [-0.05, 0) is 85.3 Å². The minimum absolute atomic E-state index is 0.0239. The van der Waals surface area contributed by atoms with E-state index in [4.69, 9.17) is 0 Å². The molecule has 0 radical (unpaired) electrons. The number of carbonyl (C=O) groups is 1. The number of benzene rings is 2.